The van der Waals surface area contributed by atoms with Gasteiger partial charge in [-0.15, -0.1) is 0 Å². The maximum Gasteiger partial charge on any atom is 0.128 e. The first-order valence-electron chi connectivity index (χ1n) is 6.99. The van der Waals surface area contributed by atoms with Crippen molar-refractivity contribution in [3.05, 3.63) is 24.4 Å². The van der Waals surface area contributed by atoms with Crippen molar-refractivity contribution < 1.29 is 9.47 Å². The van der Waals surface area contributed by atoms with E-state index in [-0.39, 0.29) is 6.10 Å². The minimum atomic E-state index is 0.246. The smallest absolute Gasteiger partial charge is 0.128 e. The fraction of sp³-hybridized carbons (Fsp3) is 0.643. The molecule has 0 N–H and O–H groups in total. The van der Waals surface area contributed by atoms with Crippen molar-refractivity contribution in [1.29, 1.82) is 0 Å². The van der Waals surface area contributed by atoms with Crippen molar-refractivity contribution in [2.24, 2.45) is 0 Å². The van der Waals surface area contributed by atoms with Gasteiger partial charge in [0.1, 0.15) is 5.82 Å². The maximum atomic E-state index is 5.70. The van der Waals surface area contributed by atoms with Crippen molar-refractivity contribution in [3.63, 3.8) is 0 Å². The summed E-state index contributed by atoms with van der Waals surface area (Å²) in [6, 6.07) is 6.08. The molecule has 0 aromatic carbocycles. The van der Waals surface area contributed by atoms with Crippen molar-refractivity contribution in [2.45, 2.75) is 6.10 Å². The average molecular weight is 263 g/mol. The first-order valence-corrected chi connectivity index (χ1v) is 6.99. The van der Waals surface area contributed by atoms with Crippen LogP contribution in [0.15, 0.2) is 24.4 Å². The highest BCUT2D eigenvalue weighted by molar-refractivity contribution is 5.38. The molecule has 0 spiro atoms. The summed E-state index contributed by atoms with van der Waals surface area (Å²) in [5.41, 5.74) is 0. The van der Waals surface area contributed by atoms with E-state index in [1.807, 2.05) is 18.3 Å². The van der Waals surface area contributed by atoms with Gasteiger partial charge in [0.25, 0.3) is 0 Å². The fourth-order valence-corrected chi connectivity index (χ4v) is 2.63. The van der Waals surface area contributed by atoms with Gasteiger partial charge in [-0.3, -0.25) is 4.90 Å². The zero-order valence-electron chi connectivity index (χ0n) is 11.2. The van der Waals surface area contributed by atoms with Crippen LogP contribution in [0.4, 0.5) is 5.82 Å². The van der Waals surface area contributed by atoms with E-state index < -0.39 is 0 Å². The van der Waals surface area contributed by atoms with Crippen LogP contribution in [-0.2, 0) is 9.47 Å². The molecule has 2 aliphatic heterocycles. The summed E-state index contributed by atoms with van der Waals surface area (Å²) >= 11 is 0. The SMILES string of the molecule is c1ccc(N2CCN(C[C@@H]3COCCO3)CC2)nc1. The molecule has 2 fully saturated rings. The van der Waals surface area contributed by atoms with Gasteiger partial charge in [-0.25, -0.2) is 4.98 Å². The minimum absolute atomic E-state index is 0.246. The van der Waals surface area contributed by atoms with Gasteiger partial charge < -0.3 is 14.4 Å². The van der Waals surface area contributed by atoms with E-state index in [2.05, 4.69) is 20.9 Å². The number of ether oxygens (including phenoxy) is 2. The normalized spacial score (nSPS) is 25.5. The fourth-order valence-electron chi connectivity index (χ4n) is 2.63. The quantitative estimate of drug-likeness (QED) is 0.799. The number of pyridine rings is 1. The number of piperazine rings is 1. The summed E-state index contributed by atoms with van der Waals surface area (Å²) in [5, 5.41) is 0. The Morgan fingerprint density at radius 2 is 2.05 bits per heavy atom. The van der Waals surface area contributed by atoms with Gasteiger partial charge in [0.15, 0.2) is 0 Å². The molecule has 0 saturated carbocycles. The standard InChI is InChI=1S/C14H21N3O2/c1-2-4-15-14(3-1)17-7-5-16(6-8-17)11-13-12-18-9-10-19-13/h1-4,13H,5-12H2/t13-/m1/s1. The molecule has 104 valence electrons. The molecular formula is C14H21N3O2. The Kier molecular flexibility index (Phi) is 4.27. The monoisotopic (exact) mass is 263 g/mol. The van der Waals surface area contributed by atoms with Crippen molar-refractivity contribution in [3.8, 4) is 0 Å². The highest BCUT2D eigenvalue weighted by Crippen LogP contribution is 2.13. The molecule has 0 aliphatic carbocycles. The molecule has 3 rings (SSSR count). The van der Waals surface area contributed by atoms with Gasteiger partial charge in [-0.05, 0) is 12.1 Å². The van der Waals surface area contributed by atoms with E-state index in [1.54, 1.807) is 0 Å². The molecule has 1 atom stereocenters. The Balaban J connectivity index is 1.46. The molecule has 19 heavy (non-hydrogen) atoms. The van der Waals surface area contributed by atoms with Gasteiger partial charge >= 0.3 is 0 Å². The summed E-state index contributed by atoms with van der Waals surface area (Å²) in [6.07, 6.45) is 2.10. The Morgan fingerprint density at radius 1 is 1.16 bits per heavy atom. The number of hydrogen-bond donors (Lipinski definition) is 0. The molecule has 2 aliphatic rings. The zero-order valence-corrected chi connectivity index (χ0v) is 11.2. The van der Waals surface area contributed by atoms with Crippen LogP contribution in [0.1, 0.15) is 0 Å². The number of aromatic nitrogens is 1. The molecular weight excluding hydrogens is 242 g/mol. The number of rotatable bonds is 3. The van der Waals surface area contributed by atoms with E-state index >= 15 is 0 Å². The van der Waals surface area contributed by atoms with E-state index in [9.17, 15) is 0 Å². The van der Waals surface area contributed by atoms with Crippen LogP contribution in [0.2, 0.25) is 0 Å². The third kappa shape index (κ3) is 3.43. The average Bonchev–Trinajstić information content (AvgIpc) is 2.50. The van der Waals surface area contributed by atoms with Gasteiger partial charge in [0.05, 0.1) is 25.9 Å². The Labute approximate surface area is 114 Å². The Bertz CT molecular complexity index is 374. The number of nitrogens with zero attached hydrogens (tertiary/aromatic N) is 3. The Morgan fingerprint density at radius 3 is 2.74 bits per heavy atom. The molecule has 0 bridgehead atoms. The molecule has 1 aromatic heterocycles. The molecule has 1 aromatic rings. The third-order valence-electron chi connectivity index (χ3n) is 3.69. The summed E-state index contributed by atoms with van der Waals surface area (Å²) < 4.78 is 11.1. The van der Waals surface area contributed by atoms with Crippen LogP contribution in [0.5, 0.6) is 0 Å². The lowest BCUT2D eigenvalue weighted by Gasteiger charge is -2.37. The Hall–Kier alpha value is -1.17. The van der Waals surface area contributed by atoms with Gasteiger partial charge in [0.2, 0.25) is 0 Å². The molecule has 2 saturated heterocycles. The van der Waals surface area contributed by atoms with E-state index in [0.717, 1.165) is 58.4 Å². The van der Waals surface area contributed by atoms with E-state index in [0.29, 0.717) is 0 Å². The van der Waals surface area contributed by atoms with Crippen LogP contribution in [0.25, 0.3) is 0 Å². The molecule has 0 unspecified atom stereocenters. The van der Waals surface area contributed by atoms with Crippen molar-refractivity contribution in [1.82, 2.24) is 9.88 Å². The lowest BCUT2D eigenvalue weighted by atomic mass is 10.2. The van der Waals surface area contributed by atoms with Crippen LogP contribution in [-0.4, -0.2) is 68.5 Å². The molecule has 5 nitrogen and oxygen atoms in total. The summed E-state index contributed by atoms with van der Waals surface area (Å²) in [4.78, 5) is 9.20. The highest BCUT2D eigenvalue weighted by atomic mass is 16.6. The maximum absolute atomic E-state index is 5.70. The molecule has 0 radical (unpaired) electrons. The van der Waals surface area contributed by atoms with Crippen LogP contribution >= 0.6 is 0 Å². The first-order chi connectivity index (χ1) is 9.42. The van der Waals surface area contributed by atoms with E-state index in [1.165, 1.54) is 0 Å². The third-order valence-corrected chi connectivity index (χ3v) is 3.69. The van der Waals surface area contributed by atoms with Gasteiger partial charge in [0, 0.05) is 38.9 Å². The van der Waals surface area contributed by atoms with E-state index in [4.69, 9.17) is 9.47 Å². The van der Waals surface area contributed by atoms with Crippen LogP contribution < -0.4 is 4.90 Å². The second kappa shape index (κ2) is 6.32. The number of hydrogen-bond acceptors (Lipinski definition) is 5. The summed E-state index contributed by atoms with van der Waals surface area (Å²) in [7, 11) is 0. The molecule has 0 amide bonds. The summed E-state index contributed by atoms with van der Waals surface area (Å²) in [6.45, 7) is 7.39. The predicted octanol–water partition coefficient (Wildman–Crippen LogP) is 0.619. The van der Waals surface area contributed by atoms with Crippen LogP contribution in [0.3, 0.4) is 0 Å². The first kappa shape index (κ1) is 12.8. The molecule has 3 heterocycles. The second-order valence-corrected chi connectivity index (χ2v) is 5.04. The predicted molar refractivity (Wildman–Crippen MR) is 73.4 cm³/mol. The summed E-state index contributed by atoms with van der Waals surface area (Å²) in [5.74, 6) is 1.08. The van der Waals surface area contributed by atoms with Crippen molar-refractivity contribution >= 4 is 5.82 Å². The second-order valence-electron chi connectivity index (χ2n) is 5.04. The molecule has 5 heteroatoms. The minimum Gasteiger partial charge on any atom is -0.376 e. The van der Waals surface area contributed by atoms with Gasteiger partial charge in [-0.2, -0.15) is 0 Å². The van der Waals surface area contributed by atoms with Crippen LogP contribution in [0, 0.1) is 0 Å². The largest absolute Gasteiger partial charge is 0.376 e. The van der Waals surface area contributed by atoms with Gasteiger partial charge in [-0.1, -0.05) is 6.07 Å². The topological polar surface area (TPSA) is 37.8 Å². The lowest BCUT2D eigenvalue weighted by molar-refractivity contribution is -0.0977. The zero-order chi connectivity index (χ0) is 12.9. The highest BCUT2D eigenvalue weighted by Gasteiger charge is 2.22. The van der Waals surface area contributed by atoms with Crippen molar-refractivity contribution in [2.75, 3.05) is 57.4 Å². The lowest BCUT2D eigenvalue weighted by Crippen LogP contribution is -2.50. The number of anilines is 1.